The van der Waals surface area contributed by atoms with Crippen molar-refractivity contribution in [3.05, 3.63) is 50.8 Å². The first-order chi connectivity index (χ1) is 9.82. The number of hydrogen-bond acceptors (Lipinski definition) is 4. The van der Waals surface area contributed by atoms with Gasteiger partial charge in [0.2, 0.25) is 0 Å². The van der Waals surface area contributed by atoms with Gasteiger partial charge in [-0.1, -0.05) is 6.07 Å². The first-order valence-corrected chi connectivity index (χ1v) is 6.83. The molecule has 1 heterocycles. The van der Waals surface area contributed by atoms with Gasteiger partial charge in [0.1, 0.15) is 0 Å². The van der Waals surface area contributed by atoms with E-state index in [-0.39, 0.29) is 16.7 Å². The van der Waals surface area contributed by atoms with Gasteiger partial charge >= 0.3 is 0 Å². The Balaban J connectivity index is 2.34. The van der Waals surface area contributed by atoms with E-state index in [0.29, 0.717) is 5.56 Å². The van der Waals surface area contributed by atoms with Crippen molar-refractivity contribution in [2.75, 3.05) is 5.32 Å². The van der Waals surface area contributed by atoms with E-state index >= 15 is 0 Å². The molecule has 112 valence electrons. The van der Waals surface area contributed by atoms with E-state index in [2.05, 4.69) is 10.4 Å². The first kappa shape index (κ1) is 15.0. The van der Waals surface area contributed by atoms with Crippen molar-refractivity contribution in [1.29, 1.82) is 0 Å². The van der Waals surface area contributed by atoms with Crippen molar-refractivity contribution >= 4 is 11.4 Å². The lowest BCUT2D eigenvalue weighted by Crippen LogP contribution is -2.10. The summed E-state index contributed by atoms with van der Waals surface area (Å²) in [6, 6.07) is 5.11. The summed E-state index contributed by atoms with van der Waals surface area (Å²) in [6.45, 7) is 7.79. The molecule has 0 aliphatic heterocycles. The van der Waals surface area contributed by atoms with Gasteiger partial charge in [0, 0.05) is 35.6 Å². The molecular formula is C15H20N4O2. The Hall–Kier alpha value is -2.37. The maximum absolute atomic E-state index is 11.0. The Morgan fingerprint density at radius 3 is 2.52 bits per heavy atom. The van der Waals surface area contributed by atoms with Crippen LogP contribution in [0.1, 0.15) is 35.5 Å². The summed E-state index contributed by atoms with van der Waals surface area (Å²) in [7, 11) is 1.91. The number of aryl methyl sites for hydroxylation is 2. The Bertz CT molecular complexity index is 691. The average molecular weight is 288 g/mol. The Morgan fingerprint density at radius 1 is 1.33 bits per heavy atom. The second kappa shape index (κ2) is 5.55. The van der Waals surface area contributed by atoms with Crippen molar-refractivity contribution in [3.8, 4) is 0 Å². The molecule has 0 radical (unpaired) electrons. The van der Waals surface area contributed by atoms with Gasteiger partial charge < -0.3 is 5.32 Å². The fourth-order valence-electron chi connectivity index (χ4n) is 2.70. The zero-order valence-electron chi connectivity index (χ0n) is 13.0. The maximum Gasteiger partial charge on any atom is 0.274 e. The molecular weight excluding hydrogens is 268 g/mol. The second-order valence-electron chi connectivity index (χ2n) is 5.28. The molecule has 1 aromatic heterocycles. The molecule has 2 aromatic rings. The summed E-state index contributed by atoms with van der Waals surface area (Å²) in [5.41, 5.74) is 4.75. The quantitative estimate of drug-likeness (QED) is 0.691. The van der Waals surface area contributed by atoms with Crippen LogP contribution in [0, 0.1) is 30.9 Å². The van der Waals surface area contributed by atoms with E-state index in [1.165, 1.54) is 6.07 Å². The zero-order valence-corrected chi connectivity index (χ0v) is 13.0. The predicted octanol–water partition coefficient (Wildman–Crippen LogP) is 3.43. The van der Waals surface area contributed by atoms with E-state index < -0.39 is 0 Å². The van der Waals surface area contributed by atoms with Crippen LogP contribution in [-0.2, 0) is 7.05 Å². The summed E-state index contributed by atoms with van der Waals surface area (Å²) >= 11 is 0. The van der Waals surface area contributed by atoms with Crippen molar-refractivity contribution in [2.45, 2.75) is 33.7 Å². The highest BCUT2D eigenvalue weighted by Crippen LogP contribution is 2.30. The molecule has 1 aromatic carbocycles. The van der Waals surface area contributed by atoms with Crippen LogP contribution in [0.3, 0.4) is 0 Å². The van der Waals surface area contributed by atoms with Gasteiger partial charge in [0.05, 0.1) is 16.7 Å². The minimum Gasteiger partial charge on any atom is -0.378 e. The summed E-state index contributed by atoms with van der Waals surface area (Å²) in [4.78, 5) is 10.7. The molecule has 21 heavy (non-hydrogen) atoms. The molecule has 0 aliphatic rings. The Kier molecular flexibility index (Phi) is 3.97. The lowest BCUT2D eigenvalue weighted by atomic mass is 10.0. The third-order valence-corrected chi connectivity index (χ3v) is 3.87. The standard InChI is InChI=1S/C15H20N4O2/c1-9-13(7-6-8-14(9)19(20)21)16-10(2)15-11(3)17-18(5)12(15)4/h6-8,10,16H,1-5H3. The van der Waals surface area contributed by atoms with Crippen molar-refractivity contribution in [1.82, 2.24) is 9.78 Å². The molecule has 0 amide bonds. The largest absolute Gasteiger partial charge is 0.378 e. The number of aromatic nitrogens is 2. The summed E-state index contributed by atoms with van der Waals surface area (Å²) in [5.74, 6) is 0. The van der Waals surface area contributed by atoms with Crippen LogP contribution in [0.15, 0.2) is 18.2 Å². The molecule has 6 heteroatoms. The van der Waals surface area contributed by atoms with Gasteiger partial charge in [-0.05, 0) is 33.8 Å². The number of nitrogens with one attached hydrogen (secondary N) is 1. The predicted molar refractivity (Wildman–Crippen MR) is 82.6 cm³/mol. The highest BCUT2D eigenvalue weighted by molar-refractivity contribution is 5.60. The van der Waals surface area contributed by atoms with E-state index in [4.69, 9.17) is 0 Å². The number of nitro groups is 1. The molecule has 0 bridgehead atoms. The van der Waals surface area contributed by atoms with Crippen LogP contribution >= 0.6 is 0 Å². The molecule has 6 nitrogen and oxygen atoms in total. The third-order valence-electron chi connectivity index (χ3n) is 3.87. The molecule has 0 aliphatic carbocycles. The number of hydrogen-bond donors (Lipinski definition) is 1. The van der Waals surface area contributed by atoms with Gasteiger partial charge in [-0.25, -0.2) is 0 Å². The lowest BCUT2D eigenvalue weighted by Gasteiger charge is -2.17. The van der Waals surface area contributed by atoms with Gasteiger partial charge in [-0.2, -0.15) is 5.10 Å². The number of nitrogens with zero attached hydrogens (tertiary/aromatic N) is 3. The van der Waals surface area contributed by atoms with Crippen molar-refractivity contribution < 1.29 is 4.92 Å². The summed E-state index contributed by atoms with van der Waals surface area (Å²) in [5, 5.41) is 18.8. The summed E-state index contributed by atoms with van der Waals surface area (Å²) in [6.07, 6.45) is 0. The maximum atomic E-state index is 11.0. The minimum atomic E-state index is -0.355. The molecule has 1 N–H and O–H groups in total. The molecule has 0 spiro atoms. The van der Waals surface area contributed by atoms with Crippen molar-refractivity contribution in [3.63, 3.8) is 0 Å². The minimum absolute atomic E-state index is 0.0272. The Labute approximate surface area is 123 Å². The van der Waals surface area contributed by atoms with Gasteiger partial charge in [-0.3, -0.25) is 14.8 Å². The van der Waals surface area contributed by atoms with E-state index in [0.717, 1.165) is 22.6 Å². The first-order valence-electron chi connectivity index (χ1n) is 6.83. The van der Waals surface area contributed by atoms with Crippen molar-refractivity contribution in [2.24, 2.45) is 7.05 Å². The van der Waals surface area contributed by atoms with E-state index in [9.17, 15) is 10.1 Å². The molecule has 0 fully saturated rings. The van der Waals surface area contributed by atoms with E-state index in [1.54, 1.807) is 13.0 Å². The number of benzene rings is 1. The number of nitro benzene ring substituents is 1. The highest BCUT2D eigenvalue weighted by atomic mass is 16.6. The summed E-state index contributed by atoms with van der Waals surface area (Å²) < 4.78 is 1.85. The third kappa shape index (κ3) is 2.74. The van der Waals surface area contributed by atoms with Crippen LogP contribution in [-0.4, -0.2) is 14.7 Å². The molecule has 1 unspecified atom stereocenters. The molecule has 0 saturated heterocycles. The molecule has 2 rings (SSSR count). The topological polar surface area (TPSA) is 73.0 Å². The normalized spacial score (nSPS) is 12.2. The van der Waals surface area contributed by atoms with E-state index in [1.807, 2.05) is 38.6 Å². The average Bonchev–Trinajstić information content (AvgIpc) is 2.65. The monoisotopic (exact) mass is 288 g/mol. The van der Waals surface area contributed by atoms with Gasteiger partial charge in [0.15, 0.2) is 0 Å². The van der Waals surface area contributed by atoms with Crippen LogP contribution < -0.4 is 5.32 Å². The highest BCUT2D eigenvalue weighted by Gasteiger charge is 2.19. The SMILES string of the molecule is Cc1nn(C)c(C)c1C(C)Nc1cccc([N+](=O)[O-])c1C. The van der Waals surface area contributed by atoms with Crippen LogP contribution in [0.2, 0.25) is 0 Å². The van der Waals surface area contributed by atoms with Crippen LogP contribution in [0.25, 0.3) is 0 Å². The van der Waals surface area contributed by atoms with Crippen LogP contribution in [0.4, 0.5) is 11.4 Å². The number of anilines is 1. The fraction of sp³-hybridized carbons (Fsp3) is 0.400. The smallest absolute Gasteiger partial charge is 0.274 e. The second-order valence-corrected chi connectivity index (χ2v) is 5.28. The van der Waals surface area contributed by atoms with Crippen LogP contribution in [0.5, 0.6) is 0 Å². The number of rotatable bonds is 4. The van der Waals surface area contributed by atoms with Gasteiger partial charge in [-0.15, -0.1) is 0 Å². The molecule has 0 saturated carbocycles. The zero-order chi connectivity index (χ0) is 15.7. The lowest BCUT2D eigenvalue weighted by molar-refractivity contribution is -0.385. The van der Waals surface area contributed by atoms with Gasteiger partial charge in [0.25, 0.3) is 5.69 Å². The Morgan fingerprint density at radius 2 is 2.00 bits per heavy atom. The molecule has 1 atom stereocenters. The fourth-order valence-corrected chi connectivity index (χ4v) is 2.70.